The molecule has 0 spiro atoms. The lowest BCUT2D eigenvalue weighted by molar-refractivity contribution is 0.299. The van der Waals surface area contributed by atoms with Crippen LogP contribution in [0.4, 0.5) is 0 Å². The van der Waals surface area contributed by atoms with Gasteiger partial charge in [0.1, 0.15) is 0 Å². The van der Waals surface area contributed by atoms with Gasteiger partial charge in [0.2, 0.25) is 0 Å². The van der Waals surface area contributed by atoms with Crippen LogP contribution in [0.3, 0.4) is 0 Å². The molecule has 1 N–H and O–H groups in total. The quantitative estimate of drug-likeness (QED) is 0.815. The van der Waals surface area contributed by atoms with Gasteiger partial charge in [-0.05, 0) is 43.4 Å². The van der Waals surface area contributed by atoms with Crippen molar-refractivity contribution in [1.29, 1.82) is 0 Å². The Kier molecular flexibility index (Phi) is 2.78. The first kappa shape index (κ1) is 10.2. The van der Waals surface area contributed by atoms with Crippen LogP contribution in [0.2, 0.25) is 0 Å². The van der Waals surface area contributed by atoms with Crippen LogP contribution in [0.15, 0.2) is 30.5 Å². The van der Waals surface area contributed by atoms with Gasteiger partial charge in [-0.25, -0.2) is 0 Å². The first-order chi connectivity index (χ1) is 7.22. The monoisotopic (exact) mass is 203 g/mol. The maximum atomic E-state index is 8.91. The van der Waals surface area contributed by atoms with Crippen LogP contribution in [0.1, 0.15) is 25.5 Å². The van der Waals surface area contributed by atoms with Crippen LogP contribution in [0.5, 0.6) is 0 Å². The summed E-state index contributed by atoms with van der Waals surface area (Å²) in [7, 11) is 0. The molecule has 0 aliphatic carbocycles. The molecule has 15 heavy (non-hydrogen) atoms. The Morgan fingerprint density at radius 1 is 1.27 bits per heavy atom. The molecule has 0 aliphatic rings. The number of aliphatic hydroxyl groups is 1. The summed E-state index contributed by atoms with van der Waals surface area (Å²) < 4.78 is 2.26. The minimum atomic E-state index is 0.216. The molecular formula is C13H17NO. The largest absolute Gasteiger partial charge is 0.396 e. The Bertz CT molecular complexity index is 457. The van der Waals surface area contributed by atoms with Gasteiger partial charge in [0.15, 0.2) is 0 Å². The predicted octanol–water partition coefficient (Wildman–Crippen LogP) is 2.76. The van der Waals surface area contributed by atoms with E-state index in [-0.39, 0.29) is 6.61 Å². The summed E-state index contributed by atoms with van der Waals surface area (Å²) in [5.41, 5.74) is 2.46. The molecule has 2 aromatic rings. The molecule has 1 aromatic carbocycles. The first-order valence-electron chi connectivity index (χ1n) is 5.42. The van der Waals surface area contributed by atoms with E-state index in [0.29, 0.717) is 6.04 Å². The minimum absolute atomic E-state index is 0.216. The Hall–Kier alpha value is -1.28. The third kappa shape index (κ3) is 1.90. The molecule has 1 heterocycles. The zero-order valence-electron chi connectivity index (χ0n) is 9.27. The Morgan fingerprint density at radius 3 is 2.73 bits per heavy atom. The van der Waals surface area contributed by atoms with Gasteiger partial charge in [-0.3, -0.25) is 0 Å². The second kappa shape index (κ2) is 4.07. The van der Waals surface area contributed by atoms with Crippen molar-refractivity contribution in [3.8, 4) is 0 Å². The molecule has 0 unspecified atom stereocenters. The summed E-state index contributed by atoms with van der Waals surface area (Å²) in [5.74, 6) is 0. The van der Waals surface area contributed by atoms with Crippen molar-refractivity contribution in [3.63, 3.8) is 0 Å². The fraction of sp³-hybridized carbons (Fsp3) is 0.385. The van der Waals surface area contributed by atoms with Crippen LogP contribution in [0, 0.1) is 0 Å². The van der Waals surface area contributed by atoms with Crippen LogP contribution in [-0.4, -0.2) is 16.3 Å². The molecule has 2 nitrogen and oxygen atoms in total. The number of hydrogen-bond donors (Lipinski definition) is 1. The zero-order valence-corrected chi connectivity index (χ0v) is 9.27. The number of aliphatic hydroxyl groups excluding tert-OH is 1. The molecule has 1 aromatic heterocycles. The molecule has 2 heteroatoms. The van der Waals surface area contributed by atoms with E-state index in [4.69, 9.17) is 5.11 Å². The van der Waals surface area contributed by atoms with Crippen molar-refractivity contribution in [2.24, 2.45) is 0 Å². The van der Waals surface area contributed by atoms with Crippen LogP contribution < -0.4 is 0 Å². The lowest BCUT2D eigenvalue weighted by Gasteiger charge is -2.10. The summed E-state index contributed by atoms with van der Waals surface area (Å²) in [6, 6.07) is 9.00. The fourth-order valence-electron chi connectivity index (χ4n) is 1.93. The highest BCUT2D eigenvalue weighted by Crippen LogP contribution is 2.21. The molecule has 0 aliphatic heterocycles. The third-order valence-corrected chi connectivity index (χ3v) is 2.74. The molecule has 80 valence electrons. The van der Waals surface area contributed by atoms with Crippen molar-refractivity contribution in [2.75, 3.05) is 6.61 Å². The van der Waals surface area contributed by atoms with E-state index >= 15 is 0 Å². The topological polar surface area (TPSA) is 25.2 Å². The van der Waals surface area contributed by atoms with E-state index in [1.807, 2.05) is 0 Å². The molecular weight excluding hydrogens is 186 g/mol. The zero-order chi connectivity index (χ0) is 10.8. The highest BCUT2D eigenvalue weighted by molar-refractivity contribution is 5.81. The van der Waals surface area contributed by atoms with Gasteiger partial charge in [-0.15, -0.1) is 0 Å². The average molecular weight is 203 g/mol. The van der Waals surface area contributed by atoms with E-state index in [9.17, 15) is 0 Å². The molecule has 0 saturated carbocycles. The molecule has 0 radical (unpaired) electrons. The lowest BCUT2D eigenvalue weighted by atomic mass is 10.1. The second-order valence-electron chi connectivity index (χ2n) is 4.18. The van der Waals surface area contributed by atoms with Gasteiger partial charge in [-0.2, -0.15) is 0 Å². The number of aromatic nitrogens is 1. The number of nitrogens with zero attached hydrogens (tertiary/aromatic N) is 1. The summed E-state index contributed by atoms with van der Waals surface area (Å²) in [4.78, 5) is 0. The van der Waals surface area contributed by atoms with Gasteiger partial charge in [0.05, 0.1) is 0 Å². The van der Waals surface area contributed by atoms with E-state index in [2.05, 4.69) is 48.9 Å². The third-order valence-electron chi connectivity index (χ3n) is 2.74. The SMILES string of the molecule is CC(C)n1ccc2ccc(CCO)cc21. The van der Waals surface area contributed by atoms with Crippen molar-refractivity contribution < 1.29 is 5.11 Å². The predicted molar refractivity (Wildman–Crippen MR) is 63.1 cm³/mol. The summed E-state index contributed by atoms with van der Waals surface area (Å²) in [6.07, 6.45) is 2.86. The Balaban J connectivity index is 2.51. The van der Waals surface area contributed by atoms with Crippen molar-refractivity contribution >= 4 is 10.9 Å². The first-order valence-corrected chi connectivity index (χ1v) is 5.42. The summed E-state index contributed by atoms with van der Waals surface area (Å²) >= 11 is 0. The molecule has 0 atom stereocenters. The molecule has 0 saturated heterocycles. The molecule has 0 bridgehead atoms. The van der Waals surface area contributed by atoms with Crippen LogP contribution in [0.25, 0.3) is 10.9 Å². The molecule has 0 fully saturated rings. The van der Waals surface area contributed by atoms with Gasteiger partial charge in [-0.1, -0.05) is 12.1 Å². The van der Waals surface area contributed by atoms with Gasteiger partial charge in [0.25, 0.3) is 0 Å². The van der Waals surface area contributed by atoms with E-state index in [1.54, 1.807) is 0 Å². The highest BCUT2D eigenvalue weighted by atomic mass is 16.2. The Labute approximate surface area is 90.2 Å². The smallest absolute Gasteiger partial charge is 0.0485 e. The van der Waals surface area contributed by atoms with Crippen LogP contribution in [-0.2, 0) is 6.42 Å². The van der Waals surface area contributed by atoms with Gasteiger partial charge < -0.3 is 9.67 Å². The van der Waals surface area contributed by atoms with Crippen molar-refractivity contribution in [2.45, 2.75) is 26.3 Å². The number of benzene rings is 1. The van der Waals surface area contributed by atoms with E-state index in [0.717, 1.165) is 6.42 Å². The van der Waals surface area contributed by atoms with Gasteiger partial charge >= 0.3 is 0 Å². The number of rotatable bonds is 3. The average Bonchev–Trinajstić information content (AvgIpc) is 2.61. The van der Waals surface area contributed by atoms with E-state index in [1.165, 1.54) is 16.5 Å². The maximum Gasteiger partial charge on any atom is 0.0485 e. The lowest BCUT2D eigenvalue weighted by Crippen LogP contribution is -1.98. The molecule has 2 rings (SSSR count). The summed E-state index contributed by atoms with van der Waals surface area (Å²) in [5, 5.41) is 10.2. The Morgan fingerprint density at radius 2 is 2.07 bits per heavy atom. The number of hydrogen-bond acceptors (Lipinski definition) is 1. The maximum absolute atomic E-state index is 8.91. The second-order valence-corrected chi connectivity index (χ2v) is 4.18. The highest BCUT2D eigenvalue weighted by Gasteiger charge is 2.04. The van der Waals surface area contributed by atoms with Crippen LogP contribution >= 0.6 is 0 Å². The van der Waals surface area contributed by atoms with Crippen molar-refractivity contribution in [3.05, 3.63) is 36.0 Å². The summed E-state index contributed by atoms with van der Waals surface area (Å²) in [6.45, 7) is 4.57. The molecule has 0 amide bonds. The normalized spacial score (nSPS) is 11.5. The minimum Gasteiger partial charge on any atom is -0.396 e. The fourth-order valence-corrected chi connectivity index (χ4v) is 1.93. The van der Waals surface area contributed by atoms with Gasteiger partial charge in [0, 0.05) is 24.4 Å². The number of fused-ring (bicyclic) bond motifs is 1. The standard InChI is InChI=1S/C13H17NO/c1-10(2)14-7-5-12-4-3-11(6-8-15)9-13(12)14/h3-5,7,9-10,15H,6,8H2,1-2H3. The van der Waals surface area contributed by atoms with E-state index < -0.39 is 0 Å². The van der Waals surface area contributed by atoms with Crippen molar-refractivity contribution in [1.82, 2.24) is 4.57 Å².